The standard InChI is InChI=1S/C18H18ClN3O/c1-18(2,3)22-10-12(9-20)16-14(8-15(23)21-17(16)22)11-4-6-13(19)7-5-11/h4-7,10,14H,8H2,1-3H3,(H,21,23)/t14-/m0/s1. The van der Waals surface area contributed by atoms with Crippen LogP contribution < -0.4 is 5.32 Å². The summed E-state index contributed by atoms with van der Waals surface area (Å²) in [6.07, 6.45) is 2.16. The lowest BCUT2D eigenvalue weighted by Crippen LogP contribution is -2.29. The highest BCUT2D eigenvalue weighted by molar-refractivity contribution is 6.30. The zero-order valence-electron chi connectivity index (χ0n) is 13.4. The van der Waals surface area contributed by atoms with Gasteiger partial charge in [-0.05, 0) is 38.5 Å². The second-order valence-corrected chi connectivity index (χ2v) is 7.25. The molecule has 1 aliphatic rings. The first kappa shape index (κ1) is 15.6. The molecule has 118 valence electrons. The van der Waals surface area contributed by atoms with Crippen LogP contribution in [0.1, 0.15) is 49.8 Å². The molecule has 0 saturated heterocycles. The maximum Gasteiger partial charge on any atom is 0.226 e. The minimum Gasteiger partial charge on any atom is -0.328 e. The van der Waals surface area contributed by atoms with E-state index in [1.165, 1.54) is 0 Å². The molecule has 1 amide bonds. The summed E-state index contributed by atoms with van der Waals surface area (Å²) in [6, 6.07) is 9.75. The maximum absolute atomic E-state index is 12.2. The molecule has 1 N–H and O–H groups in total. The van der Waals surface area contributed by atoms with Gasteiger partial charge in [0.2, 0.25) is 5.91 Å². The Morgan fingerprint density at radius 1 is 1.30 bits per heavy atom. The highest BCUT2D eigenvalue weighted by Gasteiger charge is 2.34. The lowest BCUT2D eigenvalue weighted by Gasteiger charge is -2.29. The van der Waals surface area contributed by atoms with E-state index in [0.717, 1.165) is 16.9 Å². The average molecular weight is 328 g/mol. The topological polar surface area (TPSA) is 57.8 Å². The number of nitriles is 1. The molecule has 2 heterocycles. The number of carbonyl (C=O) groups is 1. The van der Waals surface area contributed by atoms with Crippen LogP contribution in [0.15, 0.2) is 30.5 Å². The molecule has 2 aromatic rings. The van der Waals surface area contributed by atoms with Gasteiger partial charge in [0.15, 0.2) is 0 Å². The van der Waals surface area contributed by atoms with Gasteiger partial charge in [0.25, 0.3) is 0 Å². The van der Waals surface area contributed by atoms with Crippen molar-refractivity contribution in [3.05, 3.63) is 52.2 Å². The third-order valence-corrected chi connectivity index (χ3v) is 4.41. The maximum atomic E-state index is 12.2. The predicted octanol–water partition coefficient (Wildman–Crippen LogP) is 4.24. The quantitative estimate of drug-likeness (QED) is 0.851. The summed E-state index contributed by atoms with van der Waals surface area (Å²) in [6.45, 7) is 6.14. The Morgan fingerprint density at radius 3 is 2.52 bits per heavy atom. The van der Waals surface area contributed by atoms with Gasteiger partial charge in [0.1, 0.15) is 11.9 Å². The Hall–Kier alpha value is -2.25. The molecular formula is C18H18ClN3O. The number of amides is 1. The molecule has 3 rings (SSSR count). The molecule has 5 heteroatoms. The highest BCUT2D eigenvalue weighted by Crippen LogP contribution is 2.42. The van der Waals surface area contributed by atoms with Crippen LogP contribution in [0, 0.1) is 11.3 Å². The van der Waals surface area contributed by atoms with Crippen molar-refractivity contribution in [2.75, 3.05) is 5.32 Å². The SMILES string of the molecule is CC(C)(C)n1cc(C#N)c2c1NC(=O)C[C@H]2c1ccc(Cl)cc1. The highest BCUT2D eigenvalue weighted by atomic mass is 35.5. The van der Waals surface area contributed by atoms with E-state index in [4.69, 9.17) is 11.6 Å². The number of fused-ring (bicyclic) bond motifs is 1. The van der Waals surface area contributed by atoms with Crippen LogP contribution in [0.2, 0.25) is 5.02 Å². The third kappa shape index (κ3) is 2.73. The largest absolute Gasteiger partial charge is 0.328 e. The van der Waals surface area contributed by atoms with Crippen molar-refractivity contribution < 1.29 is 4.79 Å². The van der Waals surface area contributed by atoms with Crippen LogP contribution in [0.4, 0.5) is 5.82 Å². The van der Waals surface area contributed by atoms with E-state index >= 15 is 0 Å². The van der Waals surface area contributed by atoms with Crippen LogP contribution in [-0.4, -0.2) is 10.5 Å². The molecule has 0 spiro atoms. The molecule has 0 fully saturated rings. The van der Waals surface area contributed by atoms with Crippen molar-refractivity contribution in [2.45, 2.75) is 38.6 Å². The number of carbonyl (C=O) groups excluding carboxylic acids is 1. The lowest BCUT2D eigenvalue weighted by atomic mass is 9.85. The number of anilines is 1. The van der Waals surface area contributed by atoms with E-state index in [1.54, 1.807) is 0 Å². The van der Waals surface area contributed by atoms with E-state index in [2.05, 4.69) is 11.4 Å². The van der Waals surface area contributed by atoms with Gasteiger partial charge in [-0.25, -0.2) is 0 Å². The first-order valence-electron chi connectivity index (χ1n) is 7.52. The smallest absolute Gasteiger partial charge is 0.226 e. The fourth-order valence-corrected chi connectivity index (χ4v) is 3.20. The van der Waals surface area contributed by atoms with Crippen LogP contribution in [-0.2, 0) is 10.3 Å². The van der Waals surface area contributed by atoms with Gasteiger partial charge in [0.05, 0.1) is 5.56 Å². The summed E-state index contributed by atoms with van der Waals surface area (Å²) in [7, 11) is 0. The summed E-state index contributed by atoms with van der Waals surface area (Å²) < 4.78 is 1.97. The van der Waals surface area contributed by atoms with Gasteiger partial charge < -0.3 is 9.88 Å². The zero-order valence-corrected chi connectivity index (χ0v) is 14.1. The Morgan fingerprint density at radius 2 is 1.96 bits per heavy atom. The summed E-state index contributed by atoms with van der Waals surface area (Å²) in [5, 5.41) is 13.2. The van der Waals surface area contributed by atoms with Gasteiger partial charge in [0, 0.05) is 34.7 Å². The summed E-state index contributed by atoms with van der Waals surface area (Å²) in [4.78, 5) is 12.2. The molecular weight excluding hydrogens is 310 g/mol. The Labute approximate surface area is 140 Å². The van der Waals surface area contributed by atoms with E-state index in [9.17, 15) is 10.1 Å². The third-order valence-electron chi connectivity index (χ3n) is 4.16. The fourth-order valence-electron chi connectivity index (χ4n) is 3.07. The molecule has 4 nitrogen and oxygen atoms in total. The van der Waals surface area contributed by atoms with Crippen LogP contribution in [0.5, 0.6) is 0 Å². The normalized spacial score (nSPS) is 17.3. The van der Waals surface area contributed by atoms with Crippen LogP contribution in [0.3, 0.4) is 0 Å². The number of rotatable bonds is 1. The van der Waals surface area contributed by atoms with Gasteiger partial charge in [-0.15, -0.1) is 0 Å². The van der Waals surface area contributed by atoms with Gasteiger partial charge in [-0.1, -0.05) is 23.7 Å². The van der Waals surface area contributed by atoms with E-state index < -0.39 is 0 Å². The van der Waals surface area contributed by atoms with Crippen molar-refractivity contribution in [1.82, 2.24) is 4.57 Å². The monoisotopic (exact) mass is 327 g/mol. The second kappa shape index (κ2) is 5.43. The Bertz CT molecular complexity index is 807. The van der Waals surface area contributed by atoms with E-state index in [0.29, 0.717) is 17.0 Å². The van der Waals surface area contributed by atoms with Crippen LogP contribution >= 0.6 is 11.6 Å². The molecule has 1 aromatic heterocycles. The van der Waals surface area contributed by atoms with Crippen molar-refractivity contribution >= 4 is 23.3 Å². The van der Waals surface area contributed by atoms with Crippen LogP contribution in [0.25, 0.3) is 0 Å². The number of nitrogens with one attached hydrogen (secondary N) is 1. The summed E-state index contributed by atoms with van der Waals surface area (Å²) in [5.74, 6) is 0.560. The number of aromatic nitrogens is 1. The zero-order chi connectivity index (χ0) is 16.8. The Balaban J connectivity index is 2.21. The molecule has 0 aliphatic carbocycles. The predicted molar refractivity (Wildman–Crippen MR) is 90.7 cm³/mol. The Kier molecular flexibility index (Phi) is 3.69. The first-order valence-corrected chi connectivity index (χ1v) is 7.90. The molecule has 0 radical (unpaired) electrons. The summed E-state index contributed by atoms with van der Waals surface area (Å²) >= 11 is 5.97. The average Bonchev–Trinajstić information content (AvgIpc) is 2.85. The van der Waals surface area contributed by atoms with Gasteiger partial charge >= 0.3 is 0 Å². The van der Waals surface area contributed by atoms with Crippen molar-refractivity contribution in [1.29, 1.82) is 5.26 Å². The number of halogens is 1. The first-order chi connectivity index (χ1) is 10.8. The second-order valence-electron chi connectivity index (χ2n) is 6.81. The lowest BCUT2D eigenvalue weighted by molar-refractivity contribution is -0.116. The molecule has 1 atom stereocenters. The van der Waals surface area contributed by atoms with Crippen molar-refractivity contribution in [3.8, 4) is 6.07 Å². The molecule has 0 saturated carbocycles. The fraction of sp³-hybridized carbons (Fsp3) is 0.333. The molecule has 0 unspecified atom stereocenters. The van der Waals surface area contributed by atoms with Gasteiger partial charge in [-0.2, -0.15) is 5.26 Å². The molecule has 23 heavy (non-hydrogen) atoms. The van der Waals surface area contributed by atoms with Gasteiger partial charge in [-0.3, -0.25) is 4.79 Å². The van der Waals surface area contributed by atoms with E-state index in [-0.39, 0.29) is 17.4 Å². The molecule has 0 bridgehead atoms. The number of hydrogen-bond acceptors (Lipinski definition) is 2. The number of benzene rings is 1. The minimum atomic E-state index is -0.228. The van der Waals surface area contributed by atoms with E-state index in [1.807, 2.05) is 55.8 Å². The van der Waals surface area contributed by atoms with Crippen molar-refractivity contribution in [2.24, 2.45) is 0 Å². The summed E-state index contributed by atoms with van der Waals surface area (Å²) in [5.41, 5.74) is 2.27. The number of nitrogens with zero attached hydrogens (tertiary/aromatic N) is 2. The number of hydrogen-bond donors (Lipinski definition) is 1. The van der Waals surface area contributed by atoms with Crippen molar-refractivity contribution in [3.63, 3.8) is 0 Å². The molecule has 1 aliphatic heterocycles. The minimum absolute atomic E-state index is 0.0365. The molecule has 1 aromatic carbocycles.